The van der Waals surface area contributed by atoms with Crippen molar-refractivity contribution < 1.29 is 14.3 Å². The highest BCUT2D eigenvalue weighted by Crippen LogP contribution is 2.32. The van der Waals surface area contributed by atoms with Crippen LogP contribution in [-0.4, -0.2) is 60.6 Å². The molecule has 0 bridgehead atoms. The van der Waals surface area contributed by atoms with Crippen molar-refractivity contribution >= 4 is 17.2 Å². The highest BCUT2D eigenvalue weighted by Gasteiger charge is 2.21. The Kier molecular flexibility index (Phi) is 7.96. The Morgan fingerprint density at radius 3 is 2.67 bits per heavy atom. The first kappa shape index (κ1) is 23.3. The summed E-state index contributed by atoms with van der Waals surface area (Å²) in [5.74, 6) is 1.85. The molecule has 174 valence electrons. The molecule has 1 fully saturated rings. The number of benzene rings is 2. The third-order valence-electron chi connectivity index (χ3n) is 5.81. The van der Waals surface area contributed by atoms with Crippen LogP contribution in [0.15, 0.2) is 53.9 Å². The molecular weight excluding hydrogens is 434 g/mol. The molecule has 1 aromatic heterocycles. The van der Waals surface area contributed by atoms with E-state index < -0.39 is 0 Å². The van der Waals surface area contributed by atoms with Gasteiger partial charge < -0.3 is 14.4 Å². The van der Waals surface area contributed by atoms with E-state index in [0.29, 0.717) is 13.0 Å². The van der Waals surface area contributed by atoms with E-state index in [1.54, 1.807) is 18.4 Å². The maximum atomic E-state index is 13.0. The molecule has 1 aliphatic heterocycles. The molecule has 1 aliphatic rings. The molecule has 0 saturated carbocycles. The number of carbonyl (C=O) groups is 1. The van der Waals surface area contributed by atoms with Crippen LogP contribution in [0.5, 0.6) is 11.5 Å². The normalized spacial score (nSPS) is 14.7. The summed E-state index contributed by atoms with van der Waals surface area (Å²) in [5, 5.41) is 2.88. The molecule has 2 aromatic carbocycles. The van der Waals surface area contributed by atoms with Crippen molar-refractivity contribution in [1.82, 2.24) is 14.8 Å². The minimum atomic E-state index is 0.149. The van der Waals surface area contributed by atoms with Gasteiger partial charge in [0.2, 0.25) is 5.91 Å². The first-order valence-electron chi connectivity index (χ1n) is 11.5. The van der Waals surface area contributed by atoms with Gasteiger partial charge in [0.25, 0.3) is 0 Å². The van der Waals surface area contributed by atoms with E-state index in [9.17, 15) is 4.79 Å². The van der Waals surface area contributed by atoms with E-state index in [1.807, 2.05) is 53.6 Å². The number of carbonyl (C=O) groups excluding carboxylic acids is 1. The van der Waals surface area contributed by atoms with Crippen LogP contribution in [0.2, 0.25) is 0 Å². The Balaban J connectivity index is 1.33. The van der Waals surface area contributed by atoms with Gasteiger partial charge >= 0.3 is 0 Å². The van der Waals surface area contributed by atoms with Gasteiger partial charge in [0, 0.05) is 38.1 Å². The summed E-state index contributed by atoms with van der Waals surface area (Å²) in [6.07, 6.45) is 1.32. The highest BCUT2D eigenvalue weighted by molar-refractivity contribution is 7.13. The van der Waals surface area contributed by atoms with Crippen LogP contribution < -0.4 is 9.47 Å². The van der Waals surface area contributed by atoms with Gasteiger partial charge in [-0.25, -0.2) is 4.98 Å². The number of aromatic nitrogens is 1. The number of thiazole rings is 1. The van der Waals surface area contributed by atoms with Gasteiger partial charge in [-0.3, -0.25) is 9.69 Å². The molecule has 0 radical (unpaired) electrons. The van der Waals surface area contributed by atoms with E-state index in [-0.39, 0.29) is 5.91 Å². The predicted octanol–water partition coefficient (Wildman–Crippen LogP) is 4.49. The maximum Gasteiger partial charge on any atom is 0.228 e. The third kappa shape index (κ3) is 6.12. The number of ether oxygens (including phenoxy) is 2. The molecular formula is C26H31N3O3S. The lowest BCUT2D eigenvalue weighted by Gasteiger charge is -2.22. The lowest BCUT2D eigenvalue weighted by molar-refractivity contribution is -0.130. The summed E-state index contributed by atoms with van der Waals surface area (Å²) < 4.78 is 11.0. The van der Waals surface area contributed by atoms with Crippen molar-refractivity contribution in [3.8, 4) is 22.1 Å². The zero-order valence-electron chi connectivity index (χ0n) is 19.3. The molecule has 1 amide bonds. The van der Waals surface area contributed by atoms with Crippen LogP contribution in [0, 0.1) is 0 Å². The average molecular weight is 466 g/mol. The Morgan fingerprint density at radius 1 is 1.06 bits per heavy atom. The first-order chi connectivity index (χ1) is 16.2. The summed E-state index contributed by atoms with van der Waals surface area (Å²) in [5.41, 5.74) is 3.07. The fourth-order valence-electron chi connectivity index (χ4n) is 4.07. The van der Waals surface area contributed by atoms with Gasteiger partial charge in [-0.1, -0.05) is 24.3 Å². The van der Waals surface area contributed by atoms with Crippen molar-refractivity contribution in [2.75, 3.05) is 39.9 Å². The fourth-order valence-corrected chi connectivity index (χ4v) is 4.92. The van der Waals surface area contributed by atoms with E-state index in [4.69, 9.17) is 14.5 Å². The molecule has 3 aromatic rings. The largest absolute Gasteiger partial charge is 0.497 e. The van der Waals surface area contributed by atoms with Crippen LogP contribution in [0.1, 0.15) is 24.6 Å². The van der Waals surface area contributed by atoms with Crippen molar-refractivity contribution in [3.63, 3.8) is 0 Å². The van der Waals surface area contributed by atoms with Crippen molar-refractivity contribution in [2.24, 2.45) is 0 Å². The van der Waals surface area contributed by atoms with Crippen LogP contribution >= 0.6 is 11.3 Å². The molecule has 0 N–H and O–H groups in total. The zero-order valence-corrected chi connectivity index (χ0v) is 20.1. The molecule has 6 nitrogen and oxygen atoms in total. The number of methoxy groups -OCH3 is 1. The summed E-state index contributed by atoms with van der Waals surface area (Å²) in [6.45, 7) is 6.88. The van der Waals surface area contributed by atoms with Crippen LogP contribution in [0.25, 0.3) is 10.6 Å². The molecule has 4 rings (SSSR count). The van der Waals surface area contributed by atoms with E-state index in [0.717, 1.165) is 66.9 Å². The molecule has 0 aliphatic carbocycles. The second-order valence-corrected chi connectivity index (χ2v) is 8.97. The number of para-hydroxylation sites is 1. The van der Waals surface area contributed by atoms with E-state index >= 15 is 0 Å². The summed E-state index contributed by atoms with van der Waals surface area (Å²) >= 11 is 1.56. The second-order valence-electron chi connectivity index (χ2n) is 8.11. The van der Waals surface area contributed by atoms with Crippen molar-refractivity contribution in [1.29, 1.82) is 0 Å². The predicted molar refractivity (Wildman–Crippen MR) is 132 cm³/mol. The molecule has 33 heavy (non-hydrogen) atoms. The quantitative estimate of drug-likeness (QED) is 0.491. The Labute approximate surface area is 199 Å². The molecule has 7 heteroatoms. The average Bonchev–Trinajstić information content (AvgIpc) is 3.17. The minimum Gasteiger partial charge on any atom is -0.497 e. The second kappa shape index (κ2) is 11.3. The summed E-state index contributed by atoms with van der Waals surface area (Å²) in [7, 11) is 1.68. The van der Waals surface area contributed by atoms with Crippen LogP contribution in [0.4, 0.5) is 0 Å². The van der Waals surface area contributed by atoms with Crippen molar-refractivity contribution in [3.05, 3.63) is 65.2 Å². The Bertz CT molecular complexity index is 1050. The molecule has 1 saturated heterocycles. The fraction of sp³-hybridized carbons (Fsp3) is 0.385. The van der Waals surface area contributed by atoms with Gasteiger partial charge in [-0.2, -0.15) is 0 Å². The van der Waals surface area contributed by atoms with Crippen LogP contribution in [0.3, 0.4) is 0 Å². The van der Waals surface area contributed by atoms with Gasteiger partial charge in [0.15, 0.2) is 0 Å². The summed E-state index contributed by atoms with van der Waals surface area (Å²) in [6, 6.07) is 16.1. The molecule has 2 heterocycles. The maximum absolute atomic E-state index is 13.0. The standard InChI is InChI=1S/C26H31N3O3S/c1-3-32-24-8-5-4-7-23(24)26-27-21(19-33-26)17-25(30)29-14-6-13-28(15-16-29)18-20-9-11-22(31-2)12-10-20/h4-5,7-12,19H,3,6,13-18H2,1-2H3. The van der Waals surface area contributed by atoms with Gasteiger partial charge in [0.1, 0.15) is 16.5 Å². The number of nitrogens with zero attached hydrogens (tertiary/aromatic N) is 3. The number of hydrogen-bond donors (Lipinski definition) is 0. The lowest BCUT2D eigenvalue weighted by Crippen LogP contribution is -2.36. The zero-order chi connectivity index (χ0) is 23.0. The molecule has 0 spiro atoms. The molecule has 0 atom stereocenters. The van der Waals surface area contributed by atoms with Crippen molar-refractivity contribution in [2.45, 2.75) is 26.3 Å². The minimum absolute atomic E-state index is 0.149. The first-order valence-corrected chi connectivity index (χ1v) is 12.3. The smallest absolute Gasteiger partial charge is 0.228 e. The highest BCUT2D eigenvalue weighted by atomic mass is 32.1. The van der Waals surface area contributed by atoms with Gasteiger partial charge in [-0.15, -0.1) is 11.3 Å². The number of amides is 1. The summed E-state index contributed by atoms with van der Waals surface area (Å²) in [4.78, 5) is 22.1. The van der Waals surface area contributed by atoms with E-state index in [2.05, 4.69) is 17.0 Å². The Hall–Kier alpha value is -2.90. The van der Waals surface area contributed by atoms with Gasteiger partial charge in [0.05, 0.1) is 31.4 Å². The van der Waals surface area contributed by atoms with E-state index in [1.165, 1.54) is 5.56 Å². The lowest BCUT2D eigenvalue weighted by atomic mass is 10.2. The monoisotopic (exact) mass is 465 g/mol. The SMILES string of the molecule is CCOc1ccccc1-c1nc(CC(=O)N2CCCN(Cc3ccc(OC)cc3)CC2)cs1. The van der Waals surface area contributed by atoms with Gasteiger partial charge in [-0.05, 0) is 43.2 Å². The molecule has 0 unspecified atom stereocenters. The number of hydrogen-bond acceptors (Lipinski definition) is 6. The number of rotatable bonds is 8. The third-order valence-corrected chi connectivity index (χ3v) is 6.73. The topological polar surface area (TPSA) is 54.9 Å². The van der Waals surface area contributed by atoms with Crippen LogP contribution in [-0.2, 0) is 17.8 Å². The Morgan fingerprint density at radius 2 is 1.88 bits per heavy atom.